The summed E-state index contributed by atoms with van der Waals surface area (Å²) in [5.41, 5.74) is 1.86. The lowest BCUT2D eigenvalue weighted by molar-refractivity contribution is 0.0699. The number of carboxylic acid groups (broad SMARTS) is 1. The molecule has 2 aromatic carbocycles. The SMILES string of the molecule is CCc1ccc(S(=O)(=O)Nc2ccc3nc(N4CCN(c5ccccn5)CC4)cc(C(=O)O)c3c2)cc1.Cl.Cl.Cl. The van der Waals surface area contributed by atoms with E-state index in [0.717, 1.165) is 30.9 Å². The number of hydrogen-bond donors (Lipinski definition) is 2. The minimum absolute atomic E-state index is 0. The summed E-state index contributed by atoms with van der Waals surface area (Å²) < 4.78 is 28.3. The molecule has 1 fully saturated rings. The van der Waals surface area contributed by atoms with E-state index in [2.05, 4.69) is 19.5 Å². The molecule has 0 aliphatic carbocycles. The number of halogens is 3. The number of aryl methyl sites for hydroxylation is 1. The molecule has 0 amide bonds. The van der Waals surface area contributed by atoms with E-state index < -0.39 is 16.0 Å². The summed E-state index contributed by atoms with van der Waals surface area (Å²) in [5.74, 6) is 0.391. The molecule has 0 unspecified atom stereocenters. The van der Waals surface area contributed by atoms with Gasteiger partial charge >= 0.3 is 5.97 Å². The molecule has 0 spiro atoms. The predicted molar refractivity (Wildman–Crippen MR) is 166 cm³/mol. The van der Waals surface area contributed by atoms with Crippen LogP contribution in [0.3, 0.4) is 0 Å². The van der Waals surface area contributed by atoms with E-state index in [4.69, 9.17) is 4.98 Å². The third-order valence-corrected chi connectivity index (χ3v) is 7.89. The van der Waals surface area contributed by atoms with Gasteiger partial charge in [0.15, 0.2) is 0 Å². The molecule has 0 atom stereocenters. The van der Waals surface area contributed by atoms with Crippen molar-refractivity contribution < 1.29 is 18.3 Å². The maximum atomic E-state index is 12.9. The minimum atomic E-state index is -3.83. The van der Waals surface area contributed by atoms with E-state index in [0.29, 0.717) is 29.8 Å². The van der Waals surface area contributed by atoms with Crippen molar-refractivity contribution in [3.05, 3.63) is 84.1 Å². The van der Waals surface area contributed by atoms with Gasteiger partial charge in [0.25, 0.3) is 10.0 Å². The van der Waals surface area contributed by atoms with Crippen molar-refractivity contribution in [3.63, 3.8) is 0 Å². The van der Waals surface area contributed by atoms with E-state index in [1.54, 1.807) is 48.7 Å². The highest BCUT2D eigenvalue weighted by Crippen LogP contribution is 2.28. The van der Waals surface area contributed by atoms with E-state index >= 15 is 0 Å². The predicted octanol–water partition coefficient (Wildman–Crippen LogP) is 5.28. The van der Waals surface area contributed by atoms with Crippen molar-refractivity contribution >= 4 is 81.4 Å². The third kappa shape index (κ3) is 7.06. The second-order valence-corrected chi connectivity index (χ2v) is 10.5. The van der Waals surface area contributed by atoms with Crippen molar-refractivity contribution in [3.8, 4) is 0 Å². The summed E-state index contributed by atoms with van der Waals surface area (Å²) in [6.45, 7) is 4.81. The molecular formula is C27H30Cl3N5O4S. The zero-order valence-corrected chi connectivity index (χ0v) is 24.8. The Bertz CT molecular complexity index is 1550. The van der Waals surface area contributed by atoms with Crippen LogP contribution in [0.25, 0.3) is 10.9 Å². The number of fused-ring (bicyclic) bond motifs is 1. The van der Waals surface area contributed by atoms with Gasteiger partial charge in [0.1, 0.15) is 11.6 Å². The summed E-state index contributed by atoms with van der Waals surface area (Å²) in [6, 6.07) is 18.8. The normalized spacial score (nSPS) is 13.0. The van der Waals surface area contributed by atoms with Crippen molar-refractivity contribution in [2.75, 3.05) is 40.7 Å². The Kier molecular flexibility index (Phi) is 11.4. The van der Waals surface area contributed by atoms with Crippen molar-refractivity contribution in [1.82, 2.24) is 9.97 Å². The minimum Gasteiger partial charge on any atom is -0.478 e. The van der Waals surface area contributed by atoms with Crippen LogP contribution < -0.4 is 14.5 Å². The highest BCUT2D eigenvalue weighted by Gasteiger charge is 2.22. The quantitative estimate of drug-likeness (QED) is 0.285. The number of hydrogen-bond acceptors (Lipinski definition) is 7. The van der Waals surface area contributed by atoms with Crippen LogP contribution in [-0.4, -0.2) is 55.6 Å². The number of anilines is 3. The molecule has 1 aliphatic rings. The average molecular weight is 627 g/mol. The Hall–Kier alpha value is -3.31. The molecule has 40 heavy (non-hydrogen) atoms. The molecule has 1 aliphatic heterocycles. The van der Waals surface area contributed by atoms with Gasteiger partial charge in [0.05, 0.1) is 16.0 Å². The van der Waals surface area contributed by atoms with Gasteiger partial charge < -0.3 is 14.9 Å². The number of carboxylic acids is 1. The number of aromatic nitrogens is 2. The summed E-state index contributed by atoms with van der Waals surface area (Å²) in [6.07, 6.45) is 2.58. The van der Waals surface area contributed by atoms with Gasteiger partial charge in [-0.2, -0.15) is 0 Å². The molecule has 9 nitrogen and oxygen atoms in total. The molecule has 13 heteroatoms. The summed E-state index contributed by atoms with van der Waals surface area (Å²) >= 11 is 0. The summed E-state index contributed by atoms with van der Waals surface area (Å²) in [4.78, 5) is 25.7. The van der Waals surface area contributed by atoms with Crippen LogP contribution in [0.5, 0.6) is 0 Å². The maximum Gasteiger partial charge on any atom is 0.336 e. The maximum absolute atomic E-state index is 12.9. The van der Waals surface area contributed by atoms with Crippen LogP contribution in [0, 0.1) is 0 Å². The number of nitrogens with zero attached hydrogens (tertiary/aromatic N) is 4. The second-order valence-electron chi connectivity index (χ2n) is 8.83. The van der Waals surface area contributed by atoms with Gasteiger partial charge in [-0.3, -0.25) is 4.72 Å². The Morgan fingerprint density at radius 3 is 2.12 bits per heavy atom. The number of pyridine rings is 2. The van der Waals surface area contributed by atoms with Crippen molar-refractivity contribution in [2.24, 2.45) is 0 Å². The fourth-order valence-electron chi connectivity index (χ4n) is 4.44. The van der Waals surface area contributed by atoms with Crippen LogP contribution in [0.1, 0.15) is 22.8 Å². The molecule has 3 heterocycles. The van der Waals surface area contributed by atoms with Crippen LogP contribution in [-0.2, 0) is 16.4 Å². The van der Waals surface area contributed by atoms with Gasteiger partial charge in [0.2, 0.25) is 0 Å². The Morgan fingerprint density at radius 2 is 1.55 bits per heavy atom. The Morgan fingerprint density at radius 1 is 0.900 bits per heavy atom. The van der Waals surface area contributed by atoms with E-state index in [1.807, 2.05) is 25.1 Å². The van der Waals surface area contributed by atoms with Gasteiger partial charge in [-0.05, 0) is 60.5 Å². The van der Waals surface area contributed by atoms with Crippen LogP contribution >= 0.6 is 37.2 Å². The number of aromatic carboxylic acids is 1. The number of sulfonamides is 1. The molecule has 0 radical (unpaired) electrons. The molecule has 4 aromatic rings. The van der Waals surface area contributed by atoms with Crippen molar-refractivity contribution in [1.29, 1.82) is 0 Å². The number of rotatable bonds is 7. The number of nitrogens with one attached hydrogen (secondary N) is 1. The summed E-state index contributed by atoms with van der Waals surface area (Å²) in [7, 11) is -3.83. The monoisotopic (exact) mass is 625 g/mol. The lowest BCUT2D eigenvalue weighted by Gasteiger charge is -2.36. The first-order valence-electron chi connectivity index (χ1n) is 12.0. The first kappa shape index (κ1) is 32.9. The molecule has 2 N–H and O–H groups in total. The lowest BCUT2D eigenvalue weighted by Crippen LogP contribution is -2.47. The first-order chi connectivity index (χ1) is 17.8. The standard InChI is InChI=1S/C27H27N5O4S.3ClH/c1-2-19-6-9-21(10-7-19)37(35,36)30-20-8-11-24-22(17-20)23(27(33)34)18-26(29-24)32-15-13-31(14-16-32)25-5-3-4-12-28-25;;;/h3-12,17-18,30H,2,13-16H2,1H3,(H,33,34);3*1H. The molecule has 2 aromatic heterocycles. The zero-order valence-electron chi connectivity index (χ0n) is 21.6. The highest BCUT2D eigenvalue weighted by atomic mass is 35.5. The smallest absolute Gasteiger partial charge is 0.336 e. The van der Waals surface area contributed by atoms with Crippen LogP contribution in [0.15, 0.2) is 77.8 Å². The molecule has 1 saturated heterocycles. The van der Waals surface area contributed by atoms with E-state index in [-0.39, 0.29) is 53.4 Å². The highest BCUT2D eigenvalue weighted by molar-refractivity contribution is 7.92. The largest absolute Gasteiger partial charge is 0.478 e. The van der Waals surface area contributed by atoms with Crippen molar-refractivity contribution in [2.45, 2.75) is 18.2 Å². The van der Waals surface area contributed by atoms with E-state index in [9.17, 15) is 18.3 Å². The second kappa shape index (κ2) is 13.8. The van der Waals surface area contributed by atoms with Crippen LogP contribution in [0.2, 0.25) is 0 Å². The van der Waals surface area contributed by atoms with Crippen LogP contribution in [0.4, 0.5) is 17.3 Å². The van der Waals surface area contributed by atoms with Gasteiger partial charge in [-0.1, -0.05) is 25.1 Å². The fourth-order valence-corrected chi connectivity index (χ4v) is 5.49. The van der Waals surface area contributed by atoms with E-state index in [1.165, 1.54) is 6.07 Å². The zero-order chi connectivity index (χ0) is 26.0. The average Bonchev–Trinajstić information content (AvgIpc) is 2.93. The summed E-state index contributed by atoms with van der Waals surface area (Å²) in [5, 5.41) is 10.3. The number of carbonyl (C=O) groups is 1. The first-order valence-corrected chi connectivity index (χ1v) is 13.5. The topological polar surface area (TPSA) is 116 Å². The molecular weight excluding hydrogens is 597 g/mol. The lowest BCUT2D eigenvalue weighted by atomic mass is 10.1. The number of benzene rings is 2. The Labute approximate surface area is 251 Å². The molecule has 0 saturated carbocycles. The Balaban J connectivity index is 0.00000187. The molecule has 214 valence electrons. The van der Waals surface area contributed by atoms with Gasteiger partial charge in [0, 0.05) is 43.4 Å². The van der Waals surface area contributed by atoms with Gasteiger partial charge in [-0.25, -0.2) is 23.2 Å². The number of piperazine rings is 1. The fraction of sp³-hybridized carbons (Fsp3) is 0.222. The van der Waals surface area contributed by atoms with Gasteiger partial charge in [-0.15, -0.1) is 37.2 Å². The molecule has 0 bridgehead atoms. The third-order valence-electron chi connectivity index (χ3n) is 6.50. The molecule has 5 rings (SSSR count).